The van der Waals surface area contributed by atoms with Gasteiger partial charge in [0.25, 0.3) is 0 Å². The molecule has 3 rings (SSSR count). The number of hydrogen-bond donors (Lipinski definition) is 1. The summed E-state index contributed by atoms with van der Waals surface area (Å²) in [4.78, 5) is 2.87. The second-order valence-electron chi connectivity index (χ2n) is 7.77. The fourth-order valence-electron chi connectivity index (χ4n) is 4.24. The molecule has 0 radical (unpaired) electrons. The average molecular weight is 264 g/mol. The molecule has 0 spiro atoms. The fraction of sp³-hybridized carbons (Fsp3) is 1.00. The Bertz CT molecular complexity index is 304. The molecule has 1 N–H and O–H groups in total. The quantitative estimate of drug-likeness (QED) is 0.792. The zero-order chi connectivity index (χ0) is 13.5. The van der Waals surface area contributed by atoms with Gasteiger partial charge in [-0.3, -0.25) is 4.90 Å². The second-order valence-corrected chi connectivity index (χ2v) is 7.77. The third-order valence-electron chi connectivity index (χ3n) is 5.80. The molecule has 2 heteroatoms. The van der Waals surface area contributed by atoms with Crippen molar-refractivity contribution in [3.8, 4) is 0 Å². The number of piperazine rings is 1. The predicted molar refractivity (Wildman–Crippen MR) is 81.3 cm³/mol. The summed E-state index contributed by atoms with van der Waals surface area (Å²) in [6, 6.07) is 1.51. The Hall–Kier alpha value is -0.0800. The lowest BCUT2D eigenvalue weighted by Crippen LogP contribution is -2.59. The van der Waals surface area contributed by atoms with E-state index in [9.17, 15) is 0 Å². The zero-order valence-corrected chi connectivity index (χ0v) is 13.1. The van der Waals surface area contributed by atoms with E-state index in [1.807, 2.05) is 0 Å². The molecule has 2 nitrogen and oxygen atoms in total. The lowest BCUT2D eigenvalue weighted by Gasteiger charge is -2.44. The second kappa shape index (κ2) is 5.37. The molecule has 0 aromatic heterocycles. The summed E-state index contributed by atoms with van der Waals surface area (Å²) >= 11 is 0. The summed E-state index contributed by atoms with van der Waals surface area (Å²) < 4.78 is 0. The molecule has 110 valence electrons. The lowest BCUT2D eigenvalue weighted by molar-refractivity contribution is 0.0694. The van der Waals surface area contributed by atoms with E-state index in [-0.39, 0.29) is 0 Å². The minimum Gasteiger partial charge on any atom is -0.311 e. The first kappa shape index (κ1) is 13.9. The van der Waals surface area contributed by atoms with Crippen molar-refractivity contribution in [2.24, 2.45) is 17.3 Å². The van der Waals surface area contributed by atoms with Crippen molar-refractivity contribution < 1.29 is 0 Å². The Morgan fingerprint density at radius 1 is 1.26 bits per heavy atom. The van der Waals surface area contributed by atoms with Gasteiger partial charge in [-0.1, -0.05) is 27.2 Å². The molecule has 1 aliphatic heterocycles. The van der Waals surface area contributed by atoms with Crippen LogP contribution in [0.2, 0.25) is 0 Å². The van der Waals surface area contributed by atoms with Crippen LogP contribution in [0.4, 0.5) is 0 Å². The van der Waals surface area contributed by atoms with Gasteiger partial charge in [-0.15, -0.1) is 0 Å². The summed E-state index contributed by atoms with van der Waals surface area (Å²) in [6.45, 7) is 11.0. The molecule has 2 saturated carbocycles. The highest BCUT2D eigenvalue weighted by Crippen LogP contribution is 2.61. The van der Waals surface area contributed by atoms with Gasteiger partial charge in [0.2, 0.25) is 0 Å². The standard InChI is InChI=1S/C17H32N2/c1-4-5-15-11-19(16(10-18-15)13(2)3)12-17(8-9-17)14-6-7-14/h13-16,18H,4-12H2,1-3H3. The first-order valence-corrected chi connectivity index (χ1v) is 8.62. The molecule has 2 aliphatic carbocycles. The summed E-state index contributed by atoms with van der Waals surface area (Å²) in [5, 5.41) is 3.79. The van der Waals surface area contributed by atoms with E-state index >= 15 is 0 Å². The molecule has 0 aromatic carbocycles. The monoisotopic (exact) mass is 264 g/mol. The fourth-order valence-corrected chi connectivity index (χ4v) is 4.24. The Labute approximate surface area is 119 Å². The molecule has 19 heavy (non-hydrogen) atoms. The van der Waals surface area contributed by atoms with Crippen LogP contribution in [-0.4, -0.2) is 36.6 Å². The minimum atomic E-state index is 0.745. The van der Waals surface area contributed by atoms with Gasteiger partial charge in [0.05, 0.1) is 0 Å². The number of nitrogens with zero attached hydrogens (tertiary/aromatic N) is 1. The van der Waals surface area contributed by atoms with Gasteiger partial charge < -0.3 is 5.32 Å². The van der Waals surface area contributed by atoms with E-state index < -0.39 is 0 Å². The van der Waals surface area contributed by atoms with Gasteiger partial charge >= 0.3 is 0 Å². The maximum atomic E-state index is 3.79. The maximum Gasteiger partial charge on any atom is 0.0244 e. The maximum absolute atomic E-state index is 3.79. The Morgan fingerprint density at radius 2 is 2.00 bits per heavy atom. The van der Waals surface area contributed by atoms with Gasteiger partial charge in [-0.2, -0.15) is 0 Å². The van der Waals surface area contributed by atoms with Crippen LogP contribution in [0.15, 0.2) is 0 Å². The van der Waals surface area contributed by atoms with Crippen molar-refractivity contribution in [2.45, 2.75) is 71.4 Å². The smallest absolute Gasteiger partial charge is 0.0244 e. The van der Waals surface area contributed by atoms with Crippen molar-refractivity contribution >= 4 is 0 Å². The summed E-state index contributed by atoms with van der Waals surface area (Å²) in [5.41, 5.74) is 0.765. The van der Waals surface area contributed by atoms with Crippen LogP contribution in [0, 0.1) is 17.3 Å². The largest absolute Gasteiger partial charge is 0.311 e. The van der Waals surface area contributed by atoms with Crippen molar-refractivity contribution in [1.82, 2.24) is 10.2 Å². The molecule has 0 amide bonds. The van der Waals surface area contributed by atoms with Crippen LogP contribution in [0.5, 0.6) is 0 Å². The summed E-state index contributed by atoms with van der Waals surface area (Å²) in [5.74, 6) is 1.88. The van der Waals surface area contributed by atoms with E-state index in [2.05, 4.69) is 31.0 Å². The van der Waals surface area contributed by atoms with E-state index in [0.717, 1.165) is 29.3 Å². The van der Waals surface area contributed by atoms with Crippen molar-refractivity contribution in [2.75, 3.05) is 19.6 Å². The first-order valence-electron chi connectivity index (χ1n) is 8.62. The van der Waals surface area contributed by atoms with Gasteiger partial charge in [0.1, 0.15) is 0 Å². The highest BCUT2D eigenvalue weighted by Gasteiger charge is 2.55. The zero-order valence-electron chi connectivity index (χ0n) is 13.1. The molecule has 2 atom stereocenters. The van der Waals surface area contributed by atoms with Crippen LogP contribution < -0.4 is 5.32 Å². The van der Waals surface area contributed by atoms with Crippen molar-refractivity contribution in [3.63, 3.8) is 0 Å². The number of nitrogens with one attached hydrogen (secondary N) is 1. The Balaban J connectivity index is 1.63. The normalized spacial score (nSPS) is 34.7. The van der Waals surface area contributed by atoms with Gasteiger partial charge in [0.15, 0.2) is 0 Å². The molecular weight excluding hydrogens is 232 g/mol. The van der Waals surface area contributed by atoms with Crippen LogP contribution in [0.3, 0.4) is 0 Å². The third kappa shape index (κ3) is 3.00. The molecule has 0 bridgehead atoms. The van der Waals surface area contributed by atoms with Crippen molar-refractivity contribution in [1.29, 1.82) is 0 Å². The number of hydrogen-bond acceptors (Lipinski definition) is 2. The van der Waals surface area contributed by atoms with Crippen LogP contribution in [0.1, 0.15) is 59.3 Å². The molecule has 0 aromatic rings. The molecule has 3 fully saturated rings. The highest BCUT2D eigenvalue weighted by atomic mass is 15.2. The van der Waals surface area contributed by atoms with Crippen LogP contribution in [0.25, 0.3) is 0 Å². The Morgan fingerprint density at radius 3 is 2.53 bits per heavy atom. The first-order chi connectivity index (χ1) is 9.14. The minimum absolute atomic E-state index is 0.745. The Kier molecular flexibility index (Phi) is 3.92. The van der Waals surface area contributed by atoms with E-state index in [1.54, 1.807) is 0 Å². The SMILES string of the molecule is CCCC1CN(CC2(C3CC3)CC2)C(C(C)C)CN1. The molecular formula is C17H32N2. The molecule has 2 unspecified atom stereocenters. The molecule has 1 saturated heterocycles. The average Bonchev–Trinajstić information content (AvgIpc) is 3.23. The van der Waals surface area contributed by atoms with E-state index in [4.69, 9.17) is 0 Å². The molecule has 1 heterocycles. The van der Waals surface area contributed by atoms with Crippen LogP contribution in [-0.2, 0) is 0 Å². The predicted octanol–water partition coefficient (Wildman–Crippen LogP) is 3.28. The van der Waals surface area contributed by atoms with E-state index in [1.165, 1.54) is 58.2 Å². The molecule has 3 aliphatic rings. The summed E-state index contributed by atoms with van der Waals surface area (Å²) in [6.07, 6.45) is 8.74. The van der Waals surface area contributed by atoms with Gasteiger partial charge in [-0.25, -0.2) is 0 Å². The third-order valence-corrected chi connectivity index (χ3v) is 5.80. The number of rotatable bonds is 6. The van der Waals surface area contributed by atoms with E-state index in [0.29, 0.717) is 0 Å². The summed E-state index contributed by atoms with van der Waals surface area (Å²) in [7, 11) is 0. The van der Waals surface area contributed by atoms with Crippen molar-refractivity contribution in [3.05, 3.63) is 0 Å². The highest BCUT2D eigenvalue weighted by molar-refractivity contribution is 5.06. The topological polar surface area (TPSA) is 15.3 Å². The lowest BCUT2D eigenvalue weighted by atomic mass is 9.92. The van der Waals surface area contributed by atoms with Gasteiger partial charge in [0, 0.05) is 31.7 Å². The van der Waals surface area contributed by atoms with Gasteiger partial charge in [-0.05, 0) is 49.4 Å². The van der Waals surface area contributed by atoms with Crippen LogP contribution >= 0.6 is 0 Å².